The number of hydrogen-bond acceptors (Lipinski definition) is 5. The van der Waals surface area contributed by atoms with Crippen LogP contribution in [0.3, 0.4) is 0 Å². The van der Waals surface area contributed by atoms with Crippen LogP contribution in [0, 0.1) is 13.8 Å². The van der Waals surface area contributed by atoms with Gasteiger partial charge in [0.25, 0.3) is 5.91 Å². The van der Waals surface area contributed by atoms with Crippen molar-refractivity contribution < 1.29 is 23.9 Å². The molecule has 0 spiro atoms. The normalized spacial score (nSPS) is 11.6. The van der Waals surface area contributed by atoms with Gasteiger partial charge in [0.2, 0.25) is 0 Å². The molecule has 1 heterocycles. The molecule has 0 radical (unpaired) electrons. The van der Waals surface area contributed by atoms with E-state index in [2.05, 4.69) is 5.32 Å². The lowest BCUT2D eigenvalue weighted by atomic mass is 10.1. The molecule has 1 N–H and O–H groups in total. The fourth-order valence-corrected chi connectivity index (χ4v) is 3.12. The van der Waals surface area contributed by atoms with E-state index in [-0.39, 0.29) is 6.42 Å². The van der Waals surface area contributed by atoms with Crippen LogP contribution in [0.15, 0.2) is 36.4 Å². The highest BCUT2D eigenvalue weighted by Gasteiger charge is 2.23. The number of hydrogen-bond donors (Lipinski definition) is 1. The van der Waals surface area contributed by atoms with Gasteiger partial charge in [-0.05, 0) is 32.4 Å². The molecule has 0 saturated carbocycles. The molecule has 1 atom stereocenters. The van der Waals surface area contributed by atoms with Crippen molar-refractivity contribution >= 4 is 17.8 Å². The van der Waals surface area contributed by atoms with Crippen molar-refractivity contribution in [2.75, 3.05) is 13.7 Å². The first-order valence-corrected chi connectivity index (χ1v) is 9.12. The van der Waals surface area contributed by atoms with Crippen LogP contribution in [0.1, 0.15) is 34.2 Å². The molecule has 7 heteroatoms. The average Bonchev–Trinajstić information content (AvgIpc) is 2.99. The smallest absolute Gasteiger partial charge is 0.340 e. The second-order valence-electron chi connectivity index (χ2n) is 6.44. The number of carbonyl (C=O) groups is 3. The number of nitrogens with one attached hydrogen (secondary N) is 1. The molecule has 150 valence electrons. The maximum atomic E-state index is 12.3. The molecule has 1 amide bonds. The van der Waals surface area contributed by atoms with E-state index < -0.39 is 30.5 Å². The van der Waals surface area contributed by atoms with Gasteiger partial charge in [-0.1, -0.05) is 30.3 Å². The largest absolute Gasteiger partial charge is 0.467 e. The molecule has 1 aromatic heterocycles. The average molecular weight is 386 g/mol. The zero-order valence-electron chi connectivity index (χ0n) is 16.7. The minimum Gasteiger partial charge on any atom is -0.467 e. The van der Waals surface area contributed by atoms with Gasteiger partial charge in [-0.15, -0.1) is 0 Å². The van der Waals surface area contributed by atoms with Crippen LogP contribution in [-0.4, -0.2) is 42.2 Å². The number of ether oxygens (including phenoxy) is 2. The summed E-state index contributed by atoms with van der Waals surface area (Å²) in [5.41, 5.74) is 3.05. The minimum atomic E-state index is -0.858. The molecular weight excluding hydrogens is 360 g/mol. The van der Waals surface area contributed by atoms with Gasteiger partial charge in [0.05, 0.1) is 12.7 Å². The SMILES string of the molecule is CCn1c(C)cc(C(=O)OCC(=O)N[C@H](Cc2ccccc2)C(=O)OC)c1C. The fraction of sp³-hybridized carbons (Fsp3) is 0.381. The first kappa shape index (κ1) is 21.2. The molecule has 2 aromatic rings. The highest BCUT2D eigenvalue weighted by Crippen LogP contribution is 2.16. The molecule has 0 saturated heterocycles. The summed E-state index contributed by atoms with van der Waals surface area (Å²) < 4.78 is 11.9. The highest BCUT2D eigenvalue weighted by molar-refractivity contribution is 5.93. The van der Waals surface area contributed by atoms with Crippen molar-refractivity contribution in [3.8, 4) is 0 Å². The predicted molar refractivity (Wildman–Crippen MR) is 104 cm³/mol. The molecule has 0 bridgehead atoms. The molecule has 7 nitrogen and oxygen atoms in total. The lowest BCUT2D eigenvalue weighted by molar-refractivity contribution is -0.145. The van der Waals surface area contributed by atoms with Crippen molar-refractivity contribution in [3.63, 3.8) is 0 Å². The third-order valence-corrected chi connectivity index (χ3v) is 4.55. The van der Waals surface area contributed by atoms with Crippen molar-refractivity contribution in [1.82, 2.24) is 9.88 Å². The standard InChI is InChI=1S/C21H26N2O5/c1-5-23-14(2)11-17(15(23)3)20(25)28-13-19(24)22-18(21(26)27-4)12-16-9-7-6-8-10-16/h6-11,18H,5,12-13H2,1-4H3,(H,22,24)/t18-/m1/s1. The van der Waals surface area contributed by atoms with Crippen LogP contribution < -0.4 is 5.32 Å². The lowest BCUT2D eigenvalue weighted by Crippen LogP contribution is -2.44. The second kappa shape index (κ2) is 9.73. The van der Waals surface area contributed by atoms with Gasteiger partial charge in [0, 0.05) is 24.4 Å². The third-order valence-electron chi connectivity index (χ3n) is 4.55. The van der Waals surface area contributed by atoms with Crippen molar-refractivity contribution in [1.29, 1.82) is 0 Å². The van der Waals surface area contributed by atoms with Gasteiger partial charge in [0.1, 0.15) is 6.04 Å². The quantitative estimate of drug-likeness (QED) is 0.703. The molecule has 1 aromatic carbocycles. The maximum Gasteiger partial charge on any atom is 0.340 e. The van der Waals surface area contributed by atoms with Crippen LogP contribution in [0.25, 0.3) is 0 Å². The van der Waals surface area contributed by atoms with Gasteiger partial charge in [0.15, 0.2) is 6.61 Å². The van der Waals surface area contributed by atoms with E-state index in [1.165, 1.54) is 7.11 Å². The monoisotopic (exact) mass is 386 g/mol. The Morgan fingerprint density at radius 1 is 1.14 bits per heavy atom. The molecule has 0 aliphatic heterocycles. The Morgan fingerprint density at radius 2 is 1.82 bits per heavy atom. The number of nitrogens with zero attached hydrogens (tertiary/aromatic N) is 1. The Labute approximate surface area is 164 Å². The number of aryl methyl sites for hydroxylation is 1. The first-order chi connectivity index (χ1) is 13.4. The minimum absolute atomic E-state index is 0.283. The second-order valence-corrected chi connectivity index (χ2v) is 6.44. The van der Waals surface area contributed by atoms with E-state index in [4.69, 9.17) is 9.47 Å². The van der Waals surface area contributed by atoms with E-state index in [1.54, 1.807) is 6.07 Å². The number of carbonyl (C=O) groups excluding carboxylic acids is 3. The highest BCUT2D eigenvalue weighted by atomic mass is 16.5. The van der Waals surface area contributed by atoms with Crippen LogP contribution >= 0.6 is 0 Å². The van der Waals surface area contributed by atoms with E-state index in [9.17, 15) is 14.4 Å². The summed E-state index contributed by atoms with van der Waals surface area (Å²) in [5, 5.41) is 2.57. The van der Waals surface area contributed by atoms with E-state index >= 15 is 0 Å². The van der Waals surface area contributed by atoms with E-state index in [1.807, 2.05) is 55.7 Å². The van der Waals surface area contributed by atoms with Gasteiger partial charge in [-0.25, -0.2) is 9.59 Å². The fourth-order valence-electron chi connectivity index (χ4n) is 3.12. The zero-order chi connectivity index (χ0) is 20.7. The number of amides is 1. The number of esters is 2. The van der Waals surface area contributed by atoms with Gasteiger partial charge < -0.3 is 19.4 Å². The summed E-state index contributed by atoms with van der Waals surface area (Å²) in [4.78, 5) is 36.5. The maximum absolute atomic E-state index is 12.3. The summed E-state index contributed by atoms with van der Waals surface area (Å²) in [7, 11) is 1.26. The molecule has 0 fully saturated rings. The van der Waals surface area contributed by atoms with Crippen molar-refractivity contribution in [2.24, 2.45) is 0 Å². The molecule has 0 unspecified atom stereocenters. The molecule has 2 rings (SSSR count). The molecule has 28 heavy (non-hydrogen) atoms. The number of methoxy groups -OCH3 is 1. The molecule has 0 aliphatic rings. The Bertz CT molecular complexity index is 842. The topological polar surface area (TPSA) is 86.6 Å². The Morgan fingerprint density at radius 3 is 2.39 bits per heavy atom. The number of rotatable bonds is 8. The Balaban J connectivity index is 1.97. The Hall–Kier alpha value is -3.09. The lowest BCUT2D eigenvalue weighted by Gasteiger charge is -2.16. The van der Waals surface area contributed by atoms with Gasteiger partial charge in [-0.3, -0.25) is 4.79 Å². The van der Waals surface area contributed by atoms with Crippen molar-refractivity contribution in [3.05, 3.63) is 58.9 Å². The summed E-state index contributed by atoms with van der Waals surface area (Å²) >= 11 is 0. The summed E-state index contributed by atoms with van der Waals surface area (Å²) in [6.07, 6.45) is 0.283. The first-order valence-electron chi connectivity index (χ1n) is 9.12. The Kier molecular flexibility index (Phi) is 7.37. The number of aromatic nitrogens is 1. The van der Waals surface area contributed by atoms with Crippen LogP contribution in [-0.2, 0) is 32.0 Å². The predicted octanol–water partition coefficient (Wildman–Crippen LogP) is 2.18. The molecular formula is C21H26N2O5. The van der Waals surface area contributed by atoms with Gasteiger partial charge in [-0.2, -0.15) is 0 Å². The van der Waals surface area contributed by atoms with Gasteiger partial charge >= 0.3 is 11.9 Å². The molecule has 0 aliphatic carbocycles. The summed E-state index contributed by atoms with van der Waals surface area (Å²) in [6.45, 7) is 6.00. The van der Waals surface area contributed by atoms with Crippen LogP contribution in [0.2, 0.25) is 0 Å². The zero-order valence-corrected chi connectivity index (χ0v) is 16.7. The van der Waals surface area contributed by atoms with E-state index in [0.717, 1.165) is 23.5 Å². The third kappa shape index (κ3) is 5.22. The van der Waals surface area contributed by atoms with E-state index in [0.29, 0.717) is 5.56 Å². The van der Waals surface area contributed by atoms with Crippen molar-refractivity contribution in [2.45, 2.75) is 39.8 Å². The van der Waals surface area contributed by atoms with Crippen LogP contribution in [0.5, 0.6) is 0 Å². The number of benzene rings is 1. The summed E-state index contributed by atoms with van der Waals surface area (Å²) in [5.74, 6) is -1.69. The van der Waals surface area contributed by atoms with Crippen LogP contribution in [0.4, 0.5) is 0 Å². The summed E-state index contributed by atoms with van der Waals surface area (Å²) in [6, 6.07) is 10.1.